The molecule has 0 aliphatic rings. The summed E-state index contributed by atoms with van der Waals surface area (Å²) in [7, 11) is 0. The van der Waals surface area contributed by atoms with Crippen LogP contribution in [-0.2, 0) is 10.6 Å². The Balaban J connectivity index is 2.92. The van der Waals surface area contributed by atoms with Crippen molar-refractivity contribution < 1.29 is 9.53 Å². The second-order valence-electron chi connectivity index (χ2n) is 2.51. The maximum Gasteiger partial charge on any atom is 0.338 e. The Morgan fingerprint density at radius 2 is 2.15 bits per heavy atom. The number of esters is 1. The maximum atomic E-state index is 11.3. The van der Waals surface area contributed by atoms with Crippen molar-refractivity contribution in [1.29, 1.82) is 0 Å². The molecular weight excluding hydrogens is 188 g/mol. The van der Waals surface area contributed by atoms with Gasteiger partial charge >= 0.3 is 5.97 Å². The highest BCUT2D eigenvalue weighted by atomic mass is 35.5. The summed E-state index contributed by atoms with van der Waals surface area (Å²) in [5.74, 6) is 0.0216. The average molecular weight is 199 g/mol. The number of alkyl halides is 1. The van der Waals surface area contributed by atoms with Crippen molar-refractivity contribution >= 4 is 17.6 Å². The van der Waals surface area contributed by atoms with Crippen molar-refractivity contribution in [3.05, 3.63) is 35.4 Å². The van der Waals surface area contributed by atoms with Crippen LogP contribution in [-0.4, -0.2) is 12.6 Å². The monoisotopic (exact) mass is 198 g/mol. The first-order valence-corrected chi connectivity index (χ1v) is 4.64. The molecule has 1 aromatic rings. The van der Waals surface area contributed by atoms with E-state index in [9.17, 15) is 4.79 Å². The van der Waals surface area contributed by atoms with Crippen LogP contribution in [0.5, 0.6) is 0 Å². The Morgan fingerprint density at radius 1 is 1.46 bits per heavy atom. The molecule has 2 nitrogen and oxygen atoms in total. The molecule has 1 rings (SSSR count). The van der Waals surface area contributed by atoms with Gasteiger partial charge in [-0.25, -0.2) is 4.79 Å². The lowest BCUT2D eigenvalue weighted by Crippen LogP contribution is -2.07. The minimum Gasteiger partial charge on any atom is -0.462 e. The van der Waals surface area contributed by atoms with Crippen molar-refractivity contribution in [2.45, 2.75) is 12.8 Å². The van der Waals surface area contributed by atoms with Crippen molar-refractivity contribution in [1.82, 2.24) is 0 Å². The summed E-state index contributed by atoms with van der Waals surface area (Å²) in [6, 6.07) is 7.18. The summed E-state index contributed by atoms with van der Waals surface area (Å²) in [5.41, 5.74) is 1.36. The van der Waals surface area contributed by atoms with Crippen LogP contribution in [0.2, 0.25) is 0 Å². The molecule has 70 valence electrons. The second-order valence-corrected chi connectivity index (χ2v) is 2.78. The van der Waals surface area contributed by atoms with Crippen LogP contribution in [0, 0.1) is 0 Å². The van der Waals surface area contributed by atoms with E-state index < -0.39 is 0 Å². The molecule has 0 saturated carbocycles. The van der Waals surface area contributed by atoms with E-state index in [4.69, 9.17) is 16.3 Å². The molecule has 0 amide bonds. The number of ether oxygens (including phenoxy) is 1. The van der Waals surface area contributed by atoms with E-state index in [2.05, 4.69) is 0 Å². The Bertz CT molecular complexity index is 297. The number of rotatable bonds is 3. The molecule has 0 bridgehead atoms. The van der Waals surface area contributed by atoms with Gasteiger partial charge in [0, 0.05) is 5.88 Å². The van der Waals surface area contributed by atoms with Crippen LogP contribution in [0.15, 0.2) is 24.3 Å². The number of hydrogen-bond acceptors (Lipinski definition) is 2. The van der Waals surface area contributed by atoms with Crippen LogP contribution in [0.3, 0.4) is 0 Å². The first kappa shape index (κ1) is 10.1. The highest BCUT2D eigenvalue weighted by Crippen LogP contribution is 2.12. The van der Waals surface area contributed by atoms with Crippen molar-refractivity contribution in [3.63, 3.8) is 0 Å². The van der Waals surface area contributed by atoms with Gasteiger partial charge in [0.2, 0.25) is 0 Å². The summed E-state index contributed by atoms with van der Waals surface area (Å²) < 4.78 is 4.87. The number of carbonyl (C=O) groups excluding carboxylic acids is 1. The molecule has 0 aliphatic heterocycles. The lowest BCUT2D eigenvalue weighted by atomic mass is 10.1. The summed E-state index contributed by atoms with van der Waals surface area (Å²) in [5, 5.41) is 0. The molecule has 0 saturated heterocycles. The molecule has 0 unspecified atom stereocenters. The van der Waals surface area contributed by atoms with E-state index in [1.54, 1.807) is 19.1 Å². The molecule has 0 aliphatic carbocycles. The largest absolute Gasteiger partial charge is 0.462 e. The van der Waals surface area contributed by atoms with Crippen LogP contribution in [0.4, 0.5) is 0 Å². The number of hydrogen-bond donors (Lipinski definition) is 0. The topological polar surface area (TPSA) is 26.3 Å². The van der Waals surface area contributed by atoms with Gasteiger partial charge in [0.1, 0.15) is 0 Å². The molecule has 0 heterocycles. The third-order valence-corrected chi connectivity index (χ3v) is 1.94. The molecular formula is C10H11ClO2. The SMILES string of the molecule is CCOC(=O)c1ccccc1CCl. The smallest absolute Gasteiger partial charge is 0.338 e. The number of benzene rings is 1. The predicted molar refractivity (Wildman–Crippen MR) is 52.0 cm³/mol. The molecule has 0 radical (unpaired) electrons. The van der Waals surface area contributed by atoms with E-state index in [-0.39, 0.29) is 5.97 Å². The highest BCUT2D eigenvalue weighted by Gasteiger charge is 2.09. The van der Waals surface area contributed by atoms with Crippen molar-refractivity contribution in [2.75, 3.05) is 6.61 Å². The lowest BCUT2D eigenvalue weighted by Gasteiger charge is -2.05. The zero-order chi connectivity index (χ0) is 9.68. The maximum absolute atomic E-state index is 11.3. The zero-order valence-electron chi connectivity index (χ0n) is 7.42. The molecule has 0 atom stereocenters. The fraction of sp³-hybridized carbons (Fsp3) is 0.300. The molecule has 1 aromatic carbocycles. The fourth-order valence-electron chi connectivity index (χ4n) is 1.04. The van der Waals surface area contributed by atoms with Gasteiger partial charge in [0.15, 0.2) is 0 Å². The van der Waals surface area contributed by atoms with Gasteiger partial charge in [0.05, 0.1) is 12.2 Å². The Morgan fingerprint density at radius 3 is 2.77 bits per heavy atom. The van der Waals surface area contributed by atoms with Crippen molar-refractivity contribution in [3.8, 4) is 0 Å². The number of halogens is 1. The molecule has 0 fully saturated rings. The summed E-state index contributed by atoms with van der Waals surface area (Å²) >= 11 is 5.67. The van der Waals surface area contributed by atoms with Crippen molar-refractivity contribution in [2.24, 2.45) is 0 Å². The number of carbonyl (C=O) groups is 1. The minimum atomic E-state index is -0.307. The summed E-state index contributed by atoms with van der Waals surface area (Å²) in [4.78, 5) is 11.3. The van der Waals surface area contributed by atoms with Gasteiger partial charge in [-0.1, -0.05) is 18.2 Å². The third kappa shape index (κ3) is 2.46. The Hall–Kier alpha value is -1.02. The van der Waals surface area contributed by atoms with E-state index in [1.165, 1.54) is 0 Å². The quantitative estimate of drug-likeness (QED) is 0.551. The van der Waals surface area contributed by atoms with E-state index >= 15 is 0 Å². The highest BCUT2D eigenvalue weighted by molar-refractivity contribution is 6.17. The molecule has 13 heavy (non-hydrogen) atoms. The second kappa shape index (κ2) is 4.87. The standard InChI is InChI=1S/C10H11ClO2/c1-2-13-10(12)9-6-4-3-5-8(9)7-11/h3-6H,2,7H2,1H3. The van der Waals surface area contributed by atoms with Gasteiger partial charge in [-0.05, 0) is 18.6 Å². The van der Waals surface area contributed by atoms with E-state index in [1.807, 2.05) is 12.1 Å². The van der Waals surface area contributed by atoms with Crippen LogP contribution in [0.25, 0.3) is 0 Å². The summed E-state index contributed by atoms with van der Waals surface area (Å²) in [6.45, 7) is 2.16. The van der Waals surface area contributed by atoms with Gasteiger partial charge < -0.3 is 4.74 Å². The van der Waals surface area contributed by atoms with Gasteiger partial charge in [-0.2, -0.15) is 0 Å². The average Bonchev–Trinajstić information content (AvgIpc) is 2.18. The van der Waals surface area contributed by atoms with E-state index in [0.717, 1.165) is 5.56 Å². The van der Waals surface area contributed by atoms with E-state index in [0.29, 0.717) is 18.1 Å². The van der Waals surface area contributed by atoms with Crippen LogP contribution in [0.1, 0.15) is 22.8 Å². The van der Waals surface area contributed by atoms with Crippen LogP contribution < -0.4 is 0 Å². The Labute approximate surface area is 82.5 Å². The molecule has 0 aromatic heterocycles. The first-order valence-electron chi connectivity index (χ1n) is 4.10. The molecule has 3 heteroatoms. The first-order chi connectivity index (χ1) is 6.29. The van der Waals surface area contributed by atoms with Gasteiger partial charge in [-0.15, -0.1) is 11.6 Å². The normalized spacial score (nSPS) is 9.69. The van der Waals surface area contributed by atoms with Gasteiger partial charge in [-0.3, -0.25) is 0 Å². The predicted octanol–water partition coefficient (Wildman–Crippen LogP) is 2.60. The van der Waals surface area contributed by atoms with Crippen LogP contribution >= 0.6 is 11.6 Å². The fourth-order valence-corrected chi connectivity index (χ4v) is 1.28. The molecule has 0 spiro atoms. The zero-order valence-corrected chi connectivity index (χ0v) is 8.17. The summed E-state index contributed by atoms with van der Waals surface area (Å²) in [6.07, 6.45) is 0. The molecule has 0 N–H and O–H groups in total. The minimum absolute atomic E-state index is 0.307. The van der Waals surface area contributed by atoms with Gasteiger partial charge in [0.25, 0.3) is 0 Å². The Kier molecular flexibility index (Phi) is 3.77. The lowest BCUT2D eigenvalue weighted by molar-refractivity contribution is 0.0525. The third-order valence-electron chi connectivity index (χ3n) is 1.66.